The minimum atomic E-state index is -0.244. The molecule has 3 nitrogen and oxygen atoms in total. The summed E-state index contributed by atoms with van der Waals surface area (Å²) >= 11 is 0. The normalized spacial score (nSPS) is 10.3. The second-order valence-electron chi connectivity index (χ2n) is 3.21. The molecule has 0 aliphatic heterocycles. The molecule has 0 unspecified atom stereocenters. The van der Waals surface area contributed by atoms with E-state index in [9.17, 15) is 9.90 Å². The Balaban J connectivity index is 3.20. The average molecular weight is 173 g/mol. The largest absolute Gasteiger partial charge is 0.466 e. The van der Waals surface area contributed by atoms with Crippen molar-refractivity contribution in [1.29, 1.82) is 0 Å². The van der Waals surface area contributed by atoms with Crippen molar-refractivity contribution in [3.8, 4) is 0 Å². The van der Waals surface area contributed by atoms with Crippen LogP contribution in [0.15, 0.2) is 0 Å². The lowest BCUT2D eigenvalue weighted by atomic mass is 10.1. The van der Waals surface area contributed by atoms with Crippen molar-refractivity contribution in [3.05, 3.63) is 0 Å². The van der Waals surface area contributed by atoms with E-state index < -0.39 is 0 Å². The van der Waals surface area contributed by atoms with Crippen LogP contribution in [0.4, 0.5) is 0 Å². The molecular weight excluding hydrogens is 156 g/mol. The van der Waals surface area contributed by atoms with Crippen LogP contribution < -0.4 is 0 Å². The van der Waals surface area contributed by atoms with Crippen LogP contribution in [0, 0.1) is 5.92 Å². The molecule has 0 fully saturated rings. The molecule has 0 aromatic heterocycles. The molecule has 0 amide bonds. The van der Waals surface area contributed by atoms with Gasteiger partial charge in [0.1, 0.15) is 0 Å². The second-order valence-corrected chi connectivity index (χ2v) is 3.21. The quantitative estimate of drug-likeness (QED) is 0.575. The molecule has 0 aliphatic rings. The van der Waals surface area contributed by atoms with Gasteiger partial charge in [-0.05, 0) is 18.8 Å². The molecule has 3 heteroatoms. The van der Waals surface area contributed by atoms with Crippen molar-refractivity contribution in [2.75, 3.05) is 13.2 Å². The molecule has 0 heterocycles. The van der Waals surface area contributed by atoms with E-state index in [0.29, 0.717) is 18.9 Å². The fourth-order valence-electron chi connectivity index (χ4n) is 0.697. The van der Waals surface area contributed by atoms with Crippen LogP contribution in [0.25, 0.3) is 0 Å². The Morgan fingerprint density at radius 1 is 1.42 bits per heavy atom. The highest BCUT2D eigenvalue weighted by Crippen LogP contribution is 2.00. The third-order valence-corrected chi connectivity index (χ3v) is 1.48. The first-order valence-electron chi connectivity index (χ1n) is 4.40. The van der Waals surface area contributed by atoms with Crippen LogP contribution in [-0.2, 0) is 14.6 Å². The molecule has 71 valence electrons. The molecule has 0 N–H and O–H groups in total. The van der Waals surface area contributed by atoms with Crippen LogP contribution >= 0.6 is 0 Å². The number of rotatable bonds is 6. The molecule has 0 rings (SSSR count). The van der Waals surface area contributed by atoms with E-state index in [-0.39, 0.29) is 19.0 Å². The number of esters is 1. The van der Waals surface area contributed by atoms with Crippen molar-refractivity contribution < 1.29 is 14.6 Å². The van der Waals surface area contributed by atoms with Gasteiger partial charge in [0.05, 0.1) is 13.2 Å². The standard InChI is InChI=1S/C9H17O3/c1-8(2)5-7-12-9(11)4-3-6-10/h8H,3-7H2,1-2H3. The van der Waals surface area contributed by atoms with Crippen molar-refractivity contribution >= 4 is 5.97 Å². The third kappa shape index (κ3) is 7.54. The highest BCUT2D eigenvalue weighted by atomic mass is 16.5. The van der Waals surface area contributed by atoms with Gasteiger partial charge in [0.25, 0.3) is 0 Å². The molecule has 12 heavy (non-hydrogen) atoms. The molecule has 0 spiro atoms. The Bertz CT molecular complexity index is 121. The third-order valence-electron chi connectivity index (χ3n) is 1.48. The zero-order chi connectivity index (χ0) is 9.40. The van der Waals surface area contributed by atoms with Crippen LogP contribution in [0.2, 0.25) is 0 Å². The Morgan fingerprint density at radius 2 is 2.08 bits per heavy atom. The Labute approximate surface area is 73.7 Å². The summed E-state index contributed by atoms with van der Waals surface area (Å²) in [5, 5.41) is 10.0. The van der Waals surface area contributed by atoms with Crippen LogP contribution in [0.3, 0.4) is 0 Å². The van der Waals surface area contributed by atoms with Gasteiger partial charge >= 0.3 is 5.97 Å². The van der Waals surface area contributed by atoms with Crippen molar-refractivity contribution in [1.82, 2.24) is 0 Å². The van der Waals surface area contributed by atoms with Gasteiger partial charge in [-0.15, -0.1) is 0 Å². The maximum absolute atomic E-state index is 10.8. The predicted molar refractivity (Wildman–Crippen MR) is 45.2 cm³/mol. The highest BCUT2D eigenvalue weighted by molar-refractivity contribution is 5.69. The molecule has 0 aromatic rings. The van der Waals surface area contributed by atoms with Crippen molar-refractivity contribution in [2.45, 2.75) is 33.1 Å². The highest BCUT2D eigenvalue weighted by Gasteiger charge is 2.02. The average Bonchev–Trinajstić information content (AvgIpc) is 2.00. The van der Waals surface area contributed by atoms with Gasteiger partial charge in [-0.25, -0.2) is 5.11 Å². The van der Waals surface area contributed by atoms with E-state index in [1.165, 1.54) is 0 Å². The summed E-state index contributed by atoms with van der Waals surface area (Å²) in [6.07, 6.45) is 1.55. The molecule has 0 aromatic carbocycles. The van der Waals surface area contributed by atoms with Gasteiger partial charge in [0, 0.05) is 6.42 Å². The smallest absolute Gasteiger partial charge is 0.305 e. The number of hydrogen-bond acceptors (Lipinski definition) is 2. The fraction of sp³-hybridized carbons (Fsp3) is 0.889. The predicted octanol–water partition coefficient (Wildman–Crippen LogP) is 1.79. The molecule has 0 saturated heterocycles. The van der Waals surface area contributed by atoms with E-state index in [2.05, 4.69) is 13.8 Å². The molecule has 0 atom stereocenters. The van der Waals surface area contributed by atoms with Gasteiger partial charge in [-0.2, -0.15) is 0 Å². The summed E-state index contributed by atoms with van der Waals surface area (Å²) in [5.74, 6) is 0.309. The van der Waals surface area contributed by atoms with E-state index in [1.54, 1.807) is 0 Å². The zero-order valence-corrected chi connectivity index (χ0v) is 7.84. The summed E-state index contributed by atoms with van der Waals surface area (Å²) in [7, 11) is 0. The number of carbonyl (C=O) groups excluding carboxylic acids is 1. The topological polar surface area (TPSA) is 46.2 Å². The van der Waals surface area contributed by atoms with E-state index in [1.807, 2.05) is 0 Å². The van der Waals surface area contributed by atoms with Gasteiger partial charge in [0.2, 0.25) is 0 Å². The van der Waals surface area contributed by atoms with Crippen molar-refractivity contribution in [2.24, 2.45) is 5.92 Å². The molecule has 1 radical (unpaired) electrons. The summed E-state index contributed by atoms with van der Waals surface area (Å²) < 4.78 is 4.88. The lowest BCUT2D eigenvalue weighted by Crippen LogP contribution is -2.07. The Kier molecular flexibility index (Phi) is 6.76. The van der Waals surface area contributed by atoms with Gasteiger partial charge in [-0.3, -0.25) is 4.79 Å². The van der Waals surface area contributed by atoms with Crippen LogP contribution in [-0.4, -0.2) is 19.2 Å². The molecular formula is C9H17O3. The lowest BCUT2D eigenvalue weighted by molar-refractivity contribution is -0.144. The molecule has 0 saturated carbocycles. The van der Waals surface area contributed by atoms with E-state index in [0.717, 1.165) is 6.42 Å². The summed E-state index contributed by atoms with van der Waals surface area (Å²) in [5.41, 5.74) is 0. The number of carbonyl (C=O) groups is 1. The summed E-state index contributed by atoms with van der Waals surface area (Å²) in [4.78, 5) is 10.8. The van der Waals surface area contributed by atoms with Gasteiger partial charge < -0.3 is 4.74 Å². The van der Waals surface area contributed by atoms with E-state index in [4.69, 9.17) is 4.74 Å². The van der Waals surface area contributed by atoms with Gasteiger partial charge in [0.15, 0.2) is 0 Å². The number of ether oxygens (including phenoxy) is 1. The molecule has 0 aliphatic carbocycles. The zero-order valence-electron chi connectivity index (χ0n) is 7.84. The van der Waals surface area contributed by atoms with Crippen LogP contribution in [0.1, 0.15) is 33.1 Å². The van der Waals surface area contributed by atoms with Crippen LogP contribution in [0.5, 0.6) is 0 Å². The summed E-state index contributed by atoms with van der Waals surface area (Å²) in [6, 6.07) is 0. The second kappa shape index (κ2) is 7.10. The maximum Gasteiger partial charge on any atom is 0.305 e. The minimum Gasteiger partial charge on any atom is -0.466 e. The van der Waals surface area contributed by atoms with Gasteiger partial charge in [-0.1, -0.05) is 13.8 Å². The molecule has 0 bridgehead atoms. The lowest BCUT2D eigenvalue weighted by Gasteiger charge is -2.05. The first kappa shape index (κ1) is 11.4. The first-order valence-corrected chi connectivity index (χ1v) is 4.40. The Hall–Kier alpha value is -0.570. The number of hydrogen-bond donors (Lipinski definition) is 0. The van der Waals surface area contributed by atoms with E-state index >= 15 is 0 Å². The Morgan fingerprint density at radius 3 is 2.58 bits per heavy atom. The first-order chi connectivity index (χ1) is 5.66. The SMILES string of the molecule is CC(C)CCOC(=O)CCC[O]. The monoisotopic (exact) mass is 173 g/mol. The fourth-order valence-corrected chi connectivity index (χ4v) is 0.697. The minimum absolute atomic E-state index is 0.195. The summed E-state index contributed by atoms with van der Waals surface area (Å²) in [6.45, 7) is 4.44. The maximum atomic E-state index is 10.8. The van der Waals surface area contributed by atoms with Crippen molar-refractivity contribution in [3.63, 3.8) is 0 Å².